The Kier molecular flexibility index (Phi) is 8.41. The number of thiazole rings is 1. The van der Waals surface area contributed by atoms with Gasteiger partial charge in [0.1, 0.15) is 0 Å². The average Bonchev–Trinajstić information content (AvgIpc) is 3.01. The van der Waals surface area contributed by atoms with Crippen LogP contribution in [0.5, 0.6) is 0 Å². The van der Waals surface area contributed by atoms with Gasteiger partial charge >= 0.3 is 12.0 Å². The molecule has 6 nitrogen and oxygen atoms in total. The number of amides is 2. The van der Waals surface area contributed by atoms with Crippen molar-refractivity contribution in [3.05, 3.63) is 6.20 Å². The molecule has 2 amide bonds. The standard InChI is InChI=1S/C19H31N3O3S2/c1-12(2)9-14(4)22(15-7-5-13(3)6-8-15)19(25)21-18-20-10-17(27-18)26-11-16(23)24/h10,12-15H,5-9,11H2,1-4H3,(H,23,24)(H,20,21,25). The van der Waals surface area contributed by atoms with Gasteiger partial charge in [0.25, 0.3) is 0 Å². The Morgan fingerprint density at radius 1 is 1.33 bits per heavy atom. The monoisotopic (exact) mass is 413 g/mol. The van der Waals surface area contributed by atoms with Gasteiger partial charge in [-0.15, -0.1) is 11.8 Å². The Morgan fingerprint density at radius 3 is 2.59 bits per heavy atom. The number of urea groups is 1. The van der Waals surface area contributed by atoms with Crippen molar-refractivity contribution < 1.29 is 14.7 Å². The second kappa shape index (κ2) is 10.3. The molecule has 1 fully saturated rings. The number of carbonyl (C=O) groups is 2. The third-order valence-corrected chi connectivity index (χ3v) is 7.03. The molecule has 2 rings (SSSR count). The topological polar surface area (TPSA) is 82.5 Å². The number of aromatic nitrogens is 1. The fourth-order valence-electron chi connectivity index (χ4n) is 3.72. The van der Waals surface area contributed by atoms with E-state index in [1.54, 1.807) is 6.20 Å². The SMILES string of the molecule is CC(C)CC(C)N(C(=O)Nc1ncc(SCC(=O)O)s1)C1CCC(C)CC1. The van der Waals surface area contributed by atoms with Gasteiger partial charge in [0.05, 0.1) is 16.2 Å². The number of rotatable bonds is 8. The zero-order chi connectivity index (χ0) is 20.0. The predicted octanol–water partition coefficient (Wildman–Crippen LogP) is 5.17. The first kappa shape index (κ1) is 22.0. The van der Waals surface area contributed by atoms with E-state index < -0.39 is 5.97 Å². The van der Waals surface area contributed by atoms with E-state index in [2.05, 4.69) is 38.0 Å². The van der Waals surface area contributed by atoms with Gasteiger partial charge in [-0.1, -0.05) is 32.1 Å². The number of carboxylic acids is 1. The lowest BCUT2D eigenvalue weighted by atomic mass is 9.85. The molecule has 27 heavy (non-hydrogen) atoms. The Bertz CT molecular complexity index is 627. The summed E-state index contributed by atoms with van der Waals surface area (Å²) in [5.74, 6) is 0.392. The highest BCUT2D eigenvalue weighted by atomic mass is 32.2. The van der Waals surface area contributed by atoms with Gasteiger partial charge in [0.15, 0.2) is 5.13 Å². The highest BCUT2D eigenvalue weighted by Crippen LogP contribution is 2.31. The van der Waals surface area contributed by atoms with E-state index in [1.807, 2.05) is 4.90 Å². The number of carbonyl (C=O) groups excluding carboxylic acids is 1. The second-order valence-electron chi connectivity index (χ2n) is 7.90. The molecule has 1 aromatic heterocycles. The van der Waals surface area contributed by atoms with Crippen LogP contribution in [0.3, 0.4) is 0 Å². The van der Waals surface area contributed by atoms with Crippen LogP contribution in [0.4, 0.5) is 9.93 Å². The van der Waals surface area contributed by atoms with Crippen molar-refractivity contribution in [1.82, 2.24) is 9.88 Å². The van der Waals surface area contributed by atoms with Crippen LogP contribution in [0.15, 0.2) is 10.4 Å². The molecule has 1 aliphatic rings. The number of carboxylic acid groups (broad SMARTS) is 1. The lowest BCUT2D eigenvalue weighted by Crippen LogP contribution is -2.49. The lowest BCUT2D eigenvalue weighted by Gasteiger charge is -2.40. The summed E-state index contributed by atoms with van der Waals surface area (Å²) in [6, 6.07) is 0.354. The smallest absolute Gasteiger partial charge is 0.324 e. The van der Waals surface area contributed by atoms with E-state index in [-0.39, 0.29) is 23.9 Å². The summed E-state index contributed by atoms with van der Waals surface area (Å²) in [4.78, 5) is 30.0. The van der Waals surface area contributed by atoms with E-state index in [1.165, 1.54) is 23.1 Å². The van der Waals surface area contributed by atoms with Gasteiger partial charge < -0.3 is 10.0 Å². The van der Waals surface area contributed by atoms with E-state index in [0.29, 0.717) is 11.0 Å². The third-order valence-electron chi connectivity index (χ3n) is 4.94. The second-order valence-corrected chi connectivity index (χ2v) is 10.2. The predicted molar refractivity (Wildman–Crippen MR) is 112 cm³/mol. The number of anilines is 1. The molecule has 1 aromatic rings. The van der Waals surface area contributed by atoms with Crippen molar-refractivity contribution in [3.63, 3.8) is 0 Å². The molecule has 1 unspecified atom stereocenters. The quantitative estimate of drug-likeness (QED) is 0.575. The zero-order valence-corrected chi connectivity index (χ0v) is 18.2. The number of nitrogens with one attached hydrogen (secondary N) is 1. The van der Waals surface area contributed by atoms with Gasteiger partial charge in [-0.05, 0) is 50.9 Å². The van der Waals surface area contributed by atoms with Crippen molar-refractivity contribution in [1.29, 1.82) is 0 Å². The Labute approximate surface area is 170 Å². The molecule has 0 aliphatic heterocycles. The van der Waals surface area contributed by atoms with Gasteiger partial charge in [0, 0.05) is 12.1 Å². The Morgan fingerprint density at radius 2 is 2.00 bits per heavy atom. The third kappa shape index (κ3) is 6.99. The minimum Gasteiger partial charge on any atom is -0.481 e. The molecule has 1 heterocycles. The number of thioether (sulfide) groups is 1. The van der Waals surface area contributed by atoms with Crippen molar-refractivity contribution in [2.24, 2.45) is 11.8 Å². The average molecular weight is 414 g/mol. The molecule has 0 bridgehead atoms. The van der Waals surface area contributed by atoms with Crippen molar-refractivity contribution in [3.8, 4) is 0 Å². The minimum absolute atomic E-state index is 0.00656. The lowest BCUT2D eigenvalue weighted by molar-refractivity contribution is -0.133. The van der Waals surface area contributed by atoms with Gasteiger partial charge in [-0.2, -0.15) is 0 Å². The summed E-state index contributed by atoms with van der Waals surface area (Å²) in [5.41, 5.74) is 0. The largest absolute Gasteiger partial charge is 0.481 e. The Balaban J connectivity index is 2.05. The number of aliphatic carboxylic acids is 1. The fraction of sp³-hybridized carbons (Fsp3) is 0.737. The summed E-state index contributed by atoms with van der Waals surface area (Å²) < 4.78 is 0.793. The van der Waals surface area contributed by atoms with Gasteiger partial charge in [0.2, 0.25) is 0 Å². The fourth-order valence-corrected chi connectivity index (χ4v) is 5.30. The summed E-state index contributed by atoms with van der Waals surface area (Å²) in [6.45, 7) is 8.78. The van der Waals surface area contributed by atoms with Crippen LogP contribution in [0.25, 0.3) is 0 Å². The van der Waals surface area contributed by atoms with E-state index >= 15 is 0 Å². The molecular weight excluding hydrogens is 382 g/mol. The summed E-state index contributed by atoms with van der Waals surface area (Å²) >= 11 is 2.54. The molecule has 1 saturated carbocycles. The molecule has 8 heteroatoms. The summed E-state index contributed by atoms with van der Waals surface area (Å²) in [6.07, 6.45) is 7.02. The Hall–Kier alpha value is -1.28. The molecule has 2 N–H and O–H groups in total. The van der Waals surface area contributed by atoms with Crippen molar-refractivity contribution in [2.75, 3.05) is 11.1 Å². The first-order chi connectivity index (χ1) is 12.8. The number of nitrogens with zero attached hydrogens (tertiary/aromatic N) is 2. The number of hydrogen-bond donors (Lipinski definition) is 2. The van der Waals surface area contributed by atoms with Crippen LogP contribution in [0, 0.1) is 11.8 Å². The molecule has 1 aliphatic carbocycles. The zero-order valence-electron chi connectivity index (χ0n) is 16.6. The highest BCUT2D eigenvalue weighted by Gasteiger charge is 2.31. The summed E-state index contributed by atoms with van der Waals surface area (Å²) in [5, 5.41) is 12.3. The van der Waals surface area contributed by atoms with Crippen molar-refractivity contribution >= 4 is 40.2 Å². The molecule has 0 spiro atoms. The molecule has 0 radical (unpaired) electrons. The van der Waals surface area contributed by atoms with Gasteiger partial charge in [-0.25, -0.2) is 9.78 Å². The maximum Gasteiger partial charge on any atom is 0.324 e. The molecular formula is C19H31N3O3S2. The van der Waals surface area contributed by atoms with Crippen LogP contribution < -0.4 is 5.32 Å². The van der Waals surface area contributed by atoms with Crippen LogP contribution in [0.2, 0.25) is 0 Å². The maximum atomic E-state index is 13.1. The molecule has 152 valence electrons. The van der Waals surface area contributed by atoms with Crippen molar-refractivity contribution in [2.45, 2.75) is 76.1 Å². The van der Waals surface area contributed by atoms with E-state index in [9.17, 15) is 9.59 Å². The highest BCUT2D eigenvalue weighted by molar-refractivity contribution is 8.01. The maximum absolute atomic E-state index is 13.1. The summed E-state index contributed by atoms with van der Waals surface area (Å²) in [7, 11) is 0. The van der Waals surface area contributed by atoms with Crippen LogP contribution in [-0.2, 0) is 4.79 Å². The van der Waals surface area contributed by atoms with E-state index in [0.717, 1.165) is 42.2 Å². The molecule has 0 aromatic carbocycles. The number of hydrogen-bond acceptors (Lipinski definition) is 5. The normalized spacial score (nSPS) is 21.1. The van der Waals surface area contributed by atoms with Crippen LogP contribution in [-0.4, -0.2) is 44.8 Å². The first-order valence-corrected chi connectivity index (χ1v) is 11.5. The molecule has 0 saturated heterocycles. The minimum atomic E-state index is -0.862. The van der Waals surface area contributed by atoms with Crippen LogP contribution in [0.1, 0.15) is 59.8 Å². The van der Waals surface area contributed by atoms with E-state index in [4.69, 9.17) is 5.11 Å². The van der Waals surface area contributed by atoms with Crippen LogP contribution >= 0.6 is 23.1 Å². The molecule has 1 atom stereocenters. The van der Waals surface area contributed by atoms with Gasteiger partial charge in [-0.3, -0.25) is 10.1 Å². The first-order valence-electron chi connectivity index (χ1n) is 9.66.